The Morgan fingerprint density at radius 2 is 1.43 bits per heavy atom. The van der Waals surface area contributed by atoms with Crippen LogP contribution in [0.3, 0.4) is 0 Å². The van der Waals surface area contributed by atoms with E-state index in [0.29, 0.717) is 18.6 Å². The molecule has 14 heavy (non-hydrogen) atoms. The molecule has 0 saturated carbocycles. The Hall–Kier alpha value is -1.11. The highest BCUT2D eigenvalue weighted by atomic mass is 16.1. The van der Waals surface area contributed by atoms with Gasteiger partial charge in [-0.1, -0.05) is 26.0 Å². The van der Waals surface area contributed by atoms with Crippen LogP contribution in [0.1, 0.15) is 36.1 Å². The van der Waals surface area contributed by atoms with Crippen molar-refractivity contribution in [2.45, 2.75) is 39.5 Å². The normalized spacial score (nSPS) is 14.6. The predicted octanol–water partition coefficient (Wildman–Crippen LogP) is 2.48. The molecule has 0 atom stereocenters. The van der Waals surface area contributed by atoms with E-state index < -0.39 is 0 Å². The molecule has 1 aromatic carbocycles. The van der Waals surface area contributed by atoms with Crippen molar-refractivity contribution in [3.05, 3.63) is 34.4 Å². The minimum Gasteiger partial charge on any atom is -0.299 e. The van der Waals surface area contributed by atoms with Crippen LogP contribution in [0.2, 0.25) is 0 Å². The average molecular weight is 188 g/mol. The van der Waals surface area contributed by atoms with Gasteiger partial charge >= 0.3 is 0 Å². The van der Waals surface area contributed by atoms with Gasteiger partial charge in [0.25, 0.3) is 0 Å². The summed E-state index contributed by atoms with van der Waals surface area (Å²) >= 11 is 0. The van der Waals surface area contributed by atoms with Crippen LogP contribution in [-0.4, -0.2) is 5.78 Å². The van der Waals surface area contributed by atoms with Gasteiger partial charge < -0.3 is 0 Å². The molecule has 0 saturated heterocycles. The number of fused-ring (bicyclic) bond motifs is 1. The number of aryl methyl sites for hydroxylation is 2. The maximum absolute atomic E-state index is 11.4. The van der Waals surface area contributed by atoms with Crippen molar-refractivity contribution in [3.8, 4) is 0 Å². The zero-order valence-electron chi connectivity index (χ0n) is 8.89. The van der Waals surface area contributed by atoms with E-state index in [1.807, 2.05) is 0 Å². The van der Waals surface area contributed by atoms with Crippen LogP contribution in [0, 0.1) is 0 Å². The fourth-order valence-electron chi connectivity index (χ4n) is 2.35. The highest BCUT2D eigenvalue weighted by Gasteiger charge is 2.22. The highest BCUT2D eigenvalue weighted by molar-refractivity contribution is 5.89. The molecular weight excluding hydrogens is 172 g/mol. The average Bonchev–Trinajstić information content (AvgIpc) is 2.57. The predicted molar refractivity (Wildman–Crippen MR) is 57.6 cm³/mol. The van der Waals surface area contributed by atoms with E-state index in [2.05, 4.69) is 26.0 Å². The first-order valence-electron chi connectivity index (χ1n) is 5.40. The van der Waals surface area contributed by atoms with E-state index in [1.165, 1.54) is 22.3 Å². The molecule has 0 radical (unpaired) electrons. The molecule has 1 aromatic rings. The summed E-state index contributed by atoms with van der Waals surface area (Å²) in [5, 5.41) is 0. The molecule has 74 valence electrons. The largest absolute Gasteiger partial charge is 0.299 e. The molecular formula is C13H16O. The van der Waals surface area contributed by atoms with Crippen LogP contribution < -0.4 is 0 Å². The van der Waals surface area contributed by atoms with Gasteiger partial charge in [-0.25, -0.2) is 0 Å². The summed E-state index contributed by atoms with van der Waals surface area (Å²) < 4.78 is 0. The molecule has 0 N–H and O–H groups in total. The molecule has 1 heteroatoms. The van der Waals surface area contributed by atoms with Gasteiger partial charge in [-0.05, 0) is 35.1 Å². The zero-order valence-corrected chi connectivity index (χ0v) is 8.89. The Morgan fingerprint density at radius 1 is 1.00 bits per heavy atom. The molecule has 0 bridgehead atoms. The molecule has 0 spiro atoms. The zero-order chi connectivity index (χ0) is 10.1. The Kier molecular flexibility index (Phi) is 2.40. The second-order valence-corrected chi connectivity index (χ2v) is 3.94. The van der Waals surface area contributed by atoms with Crippen molar-refractivity contribution in [1.82, 2.24) is 0 Å². The Labute approximate surface area is 85.1 Å². The molecule has 0 unspecified atom stereocenters. The van der Waals surface area contributed by atoms with E-state index in [-0.39, 0.29) is 0 Å². The summed E-state index contributed by atoms with van der Waals surface area (Å²) in [6.07, 6.45) is 3.43. The molecule has 1 aliphatic carbocycles. The number of ketones is 1. The maximum Gasteiger partial charge on any atom is 0.141 e. The third-order valence-electron chi connectivity index (χ3n) is 3.13. The number of carbonyl (C=O) groups is 1. The van der Waals surface area contributed by atoms with E-state index in [1.54, 1.807) is 0 Å². The van der Waals surface area contributed by atoms with E-state index in [4.69, 9.17) is 0 Å². The van der Waals surface area contributed by atoms with Crippen LogP contribution in [0.4, 0.5) is 0 Å². The molecule has 0 amide bonds. The first-order valence-corrected chi connectivity index (χ1v) is 5.40. The Morgan fingerprint density at radius 3 is 1.79 bits per heavy atom. The van der Waals surface area contributed by atoms with Crippen LogP contribution in [-0.2, 0) is 30.5 Å². The number of hydrogen-bond donors (Lipinski definition) is 0. The summed E-state index contributed by atoms with van der Waals surface area (Å²) in [6.45, 7) is 4.31. The van der Waals surface area contributed by atoms with Crippen LogP contribution in [0.5, 0.6) is 0 Å². The van der Waals surface area contributed by atoms with Crippen LogP contribution in [0.15, 0.2) is 12.1 Å². The number of rotatable bonds is 2. The smallest absolute Gasteiger partial charge is 0.141 e. The second-order valence-electron chi connectivity index (χ2n) is 3.94. The van der Waals surface area contributed by atoms with E-state index >= 15 is 0 Å². The van der Waals surface area contributed by atoms with Crippen molar-refractivity contribution in [3.63, 3.8) is 0 Å². The van der Waals surface area contributed by atoms with Crippen molar-refractivity contribution >= 4 is 5.78 Å². The third kappa shape index (κ3) is 1.37. The van der Waals surface area contributed by atoms with Crippen molar-refractivity contribution in [2.75, 3.05) is 0 Å². The number of carbonyl (C=O) groups excluding carboxylic acids is 1. The van der Waals surface area contributed by atoms with Gasteiger partial charge in [-0.2, -0.15) is 0 Å². The van der Waals surface area contributed by atoms with Gasteiger partial charge in [0, 0.05) is 12.8 Å². The third-order valence-corrected chi connectivity index (χ3v) is 3.13. The van der Waals surface area contributed by atoms with E-state index in [0.717, 1.165) is 12.8 Å². The summed E-state index contributed by atoms with van der Waals surface area (Å²) in [4.78, 5) is 11.4. The van der Waals surface area contributed by atoms with Crippen molar-refractivity contribution in [2.24, 2.45) is 0 Å². The number of Topliss-reactive ketones (excluding diaryl/α,β-unsaturated/α-hetero) is 1. The van der Waals surface area contributed by atoms with Gasteiger partial charge in [-0.3, -0.25) is 4.79 Å². The fourth-order valence-corrected chi connectivity index (χ4v) is 2.35. The molecule has 1 nitrogen and oxygen atoms in total. The van der Waals surface area contributed by atoms with Crippen LogP contribution >= 0.6 is 0 Å². The van der Waals surface area contributed by atoms with Gasteiger partial charge in [0.15, 0.2) is 0 Å². The molecule has 0 heterocycles. The molecule has 2 rings (SSSR count). The SMILES string of the molecule is CCc1ccc(CC)c2c1CC(=O)C2. The lowest BCUT2D eigenvalue weighted by atomic mass is 9.96. The van der Waals surface area contributed by atoms with Gasteiger partial charge in [-0.15, -0.1) is 0 Å². The molecule has 0 aliphatic heterocycles. The first-order chi connectivity index (χ1) is 6.76. The second kappa shape index (κ2) is 3.56. The minimum absolute atomic E-state index is 0.385. The van der Waals surface area contributed by atoms with Crippen molar-refractivity contribution in [1.29, 1.82) is 0 Å². The lowest BCUT2D eigenvalue weighted by Crippen LogP contribution is -1.96. The first kappa shape index (κ1) is 9.45. The van der Waals surface area contributed by atoms with Gasteiger partial charge in [0.2, 0.25) is 0 Å². The molecule has 0 aromatic heterocycles. The summed E-state index contributed by atoms with van der Waals surface area (Å²) in [7, 11) is 0. The summed E-state index contributed by atoms with van der Waals surface area (Å²) in [5.41, 5.74) is 5.39. The standard InChI is InChI=1S/C13H16O/c1-3-9-5-6-10(4-2)13-8-11(14)7-12(9)13/h5-6H,3-4,7-8H2,1-2H3. The van der Waals surface area contributed by atoms with Gasteiger partial charge in [0.1, 0.15) is 5.78 Å². The topological polar surface area (TPSA) is 17.1 Å². The summed E-state index contributed by atoms with van der Waals surface area (Å²) in [5.74, 6) is 0.385. The maximum atomic E-state index is 11.4. The number of benzene rings is 1. The fraction of sp³-hybridized carbons (Fsp3) is 0.462. The Balaban J connectivity index is 2.55. The monoisotopic (exact) mass is 188 g/mol. The van der Waals surface area contributed by atoms with Gasteiger partial charge in [0.05, 0.1) is 0 Å². The minimum atomic E-state index is 0.385. The van der Waals surface area contributed by atoms with Crippen molar-refractivity contribution < 1.29 is 4.79 Å². The van der Waals surface area contributed by atoms with Crippen LogP contribution in [0.25, 0.3) is 0 Å². The van der Waals surface area contributed by atoms with E-state index in [9.17, 15) is 4.79 Å². The lowest BCUT2D eigenvalue weighted by Gasteiger charge is -2.09. The Bertz CT molecular complexity index is 342. The molecule has 0 fully saturated rings. The number of hydrogen-bond acceptors (Lipinski definition) is 1. The lowest BCUT2D eigenvalue weighted by molar-refractivity contribution is -0.117. The summed E-state index contributed by atoms with van der Waals surface area (Å²) in [6, 6.07) is 4.38. The molecule has 1 aliphatic rings. The highest BCUT2D eigenvalue weighted by Crippen LogP contribution is 2.27. The quantitative estimate of drug-likeness (QED) is 0.697.